The molecule has 0 atom stereocenters. The molecule has 23 heavy (non-hydrogen) atoms. The van der Waals surface area contributed by atoms with Crippen LogP contribution in [0.4, 0.5) is 5.69 Å². The fourth-order valence-electron chi connectivity index (χ4n) is 2.04. The predicted molar refractivity (Wildman–Crippen MR) is 90.3 cm³/mol. The molecule has 0 aliphatic heterocycles. The standard InChI is InChI=1S/C17H18ClN3O2/c1-12-5-6-15(8-16(12)18)21(13(2)22)11-17(23)20-10-14-4-3-7-19-9-14/h3-9H,10-11H2,1-2H3,(H,20,23). The lowest BCUT2D eigenvalue weighted by atomic mass is 10.2. The second-order valence-corrected chi connectivity index (χ2v) is 5.58. The summed E-state index contributed by atoms with van der Waals surface area (Å²) >= 11 is 6.09. The normalized spacial score (nSPS) is 10.2. The molecule has 0 radical (unpaired) electrons. The average molecular weight is 332 g/mol. The Morgan fingerprint density at radius 1 is 1.30 bits per heavy atom. The van der Waals surface area contributed by atoms with E-state index in [0.29, 0.717) is 17.3 Å². The van der Waals surface area contributed by atoms with E-state index in [1.54, 1.807) is 30.6 Å². The molecule has 2 aromatic rings. The zero-order chi connectivity index (χ0) is 16.8. The number of hydrogen-bond donors (Lipinski definition) is 1. The van der Waals surface area contributed by atoms with Crippen LogP contribution in [0.25, 0.3) is 0 Å². The third-order valence-corrected chi connectivity index (χ3v) is 3.77. The molecule has 0 unspecified atom stereocenters. The molecule has 0 saturated heterocycles. The number of nitrogens with zero attached hydrogens (tertiary/aromatic N) is 2. The molecule has 0 aliphatic carbocycles. The molecular weight excluding hydrogens is 314 g/mol. The number of amides is 2. The van der Waals surface area contributed by atoms with Crippen LogP contribution in [0.5, 0.6) is 0 Å². The highest BCUT2D eigenvalue weighted by Crippen LogP contribution is 2.23. The number of pyridine rings is 1. The smallest absolute Gasteiger partial charge is 0.240 e. The Morgan fingerprint density at radius 3 is 2.70 bits per heavy atom. The van der Waals surface area contributed by atoms with E-state index in [9.17, 15) is 9.59 Å². The van der Waals surface area contributed by atoms with Gasteiger partial charge in [-0.3, -0.25) is 14.6 Å². The van der Waals surface area contributed by atoms with Gasteiger partial charge in [0.25, 0.3) is 0 Å². The van der Waals surface area contributed by atoms with E-state index < -0.39 is 0 Å². The lowest BCUT2D eigenvalue weighted by Crippen LogP contribution is -2.39. The summed E-state index contributed by atoms with van der Waals surface area (Å²) in [4.78, 5) is 29.3. The number of carbonyl (C=O) groups excluding carboxylic acids is 2. The number of nitrogens with one attached hydrogen (secondary N) is 1. The molecule has 0 spiro atoms. The summed E-state index contributed by atoms with van der Waals surface area (Å²) in [6.45, 7) is 3.61. The van der Waals surface area contributed by atoms with Crippen molar-refractivity contribution in [3.05, 3.63) is 58.9 Å². The van der Waals surface area contributed by atoms with Crippen LogP contribution in [0, 0.1) is 6.92 Å². The first-order chi connectivity index (χ1) is 11.0. The van der Waals surface area contributed by atoms with Gasteiger partial charge in [-0.2, -0.15) is 0 Å². The molecular formula is C17H18ClN3O2. The highest BCUT2D eigenvalue weighted by atomic mass is 35.5. The summed E-state index contributed by atoms with van der Waals surface area (Å²) in [5.74, 6) is -0.470. The van der Waals surface area contributed by atoms with Crippen molar-refractivity contribution >= 4 is 29.1 Å². The Bertz CT molecular complexity index is 704. The van der Waals surface area contributed by atoms with Crippen molar-refractivity contribution in [3.8, 4) is 0 Å². The number of aryl methyl sites for hydroxylation is 1. The molecule has 1 aromatic heterocycles. The van der Waals surface area contributed by atoms with Crippen LogP contribution in [0.3, 0.4) is 0 Å². The number of anilines is 1. The van der Waals surface area contributed by atoms with Crippen LogP contribution >= 0.6 is 11.6 Å². The molecule has 0 bridgehead atoms. The first-order valence-electron chi connectivity index (χ1n) is 7.17. The van der Waals surface area contributed by atoms with Gasteiger partial charge in [0.15, 0.2) is 0 Å². The maximum Gasteiger partial charge on any atom is 0.240 e. The van der Waals surface area contributed by atoms with Gasteiger partial charge in [-0.15, -0.1) is 0 Å². The SMILES string of the molecule is CC(=O)N(CC(=O)NCc1cccnc1)c1ccc(C)c(Cl)c1. The van der Waals surface area contributed by atoms with Crippen molar-refractivity contribution in [1.82, 2.24) is 10.3 Å². The summed E-state index contributed by atoms with van der Waals surface area (Å²) in [7, 11) is 0. The van der Waals surface area contributed by atoms with Gasteiger partial charge in [0.05, 0.1) is 0 Å². The Hall–Kier alpha value is -2.40. The Kier molecular flexibility index (Phi) is 5.71. The first kappa shape index (κ1) is 17.0. The van der Waals surface area contributed by atoms with Crippen molar-refractivity contribution < 1.29 is 9.59 Å². The minimum atomic E-state index is -0.249. The molecule has 6 heteroatoms. The Morgan fingerprint density at radius 2 is 2.09 bits per heavy atom. The van der Waals surface area contributed by atoms with Crippen molar-refractivity contribution in [1.29, 1.82) is 0 Å². The van der Waals surface area contributed by atoms with E-state index in [2.05, 4.69) is 10.3 Å². The fraction of sp³-hybridized carbons (Fsp3) is 0.235. The third-order valence-electron chi connectivity index (χ3n) is 3.36. The molecule has 2 rings (SSSR count). The molecule has 1 aromatic carbocycles. The van der Waals surface area contributed by atoms with Crippen molar-refractivity contribution in [3.63, 3.8) is 0 Å². The number of hydrogen-bond acceptors (Lipinski definition) is 3. The third kappa shape index (κ3) is 4.79. The summed E-state index contributed by atoms with van der Waals surface area (Å²) in [6.07, 6.45) is 3.35. The molecule has 5 nitrogen and oxygen atoms in total. The predicted octanol–water partition coefficient (Wildman–Crippen LogP) is 2.71. The van der Waals surface area contributed by atoms with Gasteiger partial charge in [0, 0.05) is 36.6 Å². The maximum absolute atomic E-state index is 12.1. The van der Waals surface area contributed by atoms with Gasteiger partial charge in [-0.1, -0.05) is 23.7 Å². The molecule has 1 N–H and O–H groups in total. The van der Waals surface area contributed by atoms with Gasteiger partial charge in [-0.25, -0.2) is 0 Å². The number of rotatable bonds is 5. The zero-order valence-electron chi connectivity index (χ0n) is 13.0. The van der Waals surface area contributed by atoms with Crippen LogP contribution in [-0.2, 0) is 16.1 Å². The Labute approximate surface area is 140 Å². The van der Waals surface area contributed by atoms with E-state index in [1.165, 1.54) is 11.8 Å². The minimum absolute atomic E-state index is 0.0605. The van der Waals surface area contributed by atoms with Gasteiger partial charge < -0.3 is 10.2 Å². The van der Waals surface area contributed by atoms with Crippen molar-refractivity contribution in [2.45, 2.75) is 20.4 Å². The lowest BCUT2D eigenvalue weighted by Gasteiger charge is -2.21. The van der Waals surface area contributed by atoms with Crippen LogP contribution in [0.2, 0.25) is 5.02 Å². The van der Waals surface area contributed by atoms with Gasteiger partial charge >= 0.3 is 0 Å². The van der Waals surface area contributed by atoms with Crippen LogP contribution in [-0.4, -0.2) is 23.3 Å². The molecule has 1 heterocycles. The van der Waals surface area contributed by atoms with Crippen molar-refractivity contribution in [2.75, 3.05) is 11.4 Å². The van der Waals surface area contributed by atoms with Crippen LogP contribution in [0.15, 0.2) is 42.7 Å². The minimum Gasteiger partial charge on any atom is -0.350 e. The van der Waals surface area contributed by atoms with E-state index in [-0.39, 0.29) is 18.4 Å². The Balaban J connectivity index is 2.02. The van der Waals surface area contributed by atoms with E-state index >= 15 is 0 Å². The number of aromatic nitrogens is 1. The number of benzene rings is 1. The van der Waals surface area contributed by atoms with Gasteiger partial charge in [0.2, 0.25) is 11.8 Å². The van der Waals surface area contributed by atoms with Crippen LogP contribution in [0.1, 0.15) is 18.1 Å². The molecule has 0 fully saturated rings. The maximum atomic E-state index is 12.1. The van der Waals surface area contributed by atoms with E-state index in [4.69, 9.17) is 11.6 Å². The highest BCUT2D eigenvalue weighted by molar-refractivity contribution is 6.31. The number of halogens is 1. The monoisotopic (exact) mass is 331 g/mol. The number of carbonyl (C=O) groups is 2. The lowest BCUT2D eigenvalue weighted by molar-refractivity contribution is -0.123. The highest BCUT2D eigenvalue weighted by Gasteiger charge is 2.16. The second kappa shape index (κ2) is 7.74. The van der Waals surface area contributed by atoms with E-state index in [1.807, 2.05) is 19.1 Å². The summed E-state index contributed by atoms with van der Waals surface area (Å²) in [6, 6.07) is 8.96. The zero-order valence-corrected chi connectivity index (χ0v) is 13.8. The van der Waals surface area contributed by atoms with Crippen LogP contribution < -0.4 is 10.2 Å². The molecule has 0 saturated carbocycles. The average Bonchev–Trinajstić information content (AvgIpc) is 2.54. The molecule has 120 valence electrons. The topological polar surface area (TPSA) is 62.3 Å². The summed E-state index contributed by atoms with van der Waals surface area (Å²) in [5, 5.41) is 3.33. The fourth-order valence-corrected chi connectivity index (χ4v) is 2.21. The van der Waals surface area contributed by atoms with E-state index in [0.717, 1.165) is 11.1 Å². The summed E-state index contributed by atoms with van der Waals surface area (Å²) in [5.41, 5.74) is 2.41. The molecule has 0 aliphatic rings. The largest absolute Gasteiger partial charge is 0.350 e. The van der Waals surface area contributed by atoms with Crippen molar-refractivity contribution in [2.24, 2.45) is 0 Å². The first-order valence-corrected chi connectivity index (χ1v) is 7.55. The second-order valence-electron chi connectivity index (χ2n) is 5.18. The van der Waals surface area contributed by atoms with Gasteiger partial charge in [-0.05, 0) is 36.2 Å². The van der Waals surface area contributed by atoms with Gasteiger partial charge in [0.1, 0.15) is 6.54 Å². The molecule has 2 amide bonds. The quantitative estimate of drug-likeness (QED) is 0.916. The summed E-state index contributed by atoms with van der Waals surface area (Å²) < 4.78 is 0.